The molecule has 1 saturated heterocycles. The summed E-state index contributed by atoms with van der Waals surface area (Å²) in [6, 6.07) is 3.85. The lowest BCUT2D eigenvalue weighted by Gasteiger charge is -2.31. The lowest BCUT2D eigenvalue weighted by atomic mass is 9.96. The third kappa shape index (κ3) is 4.56. The van der Waals surface area contributed by atoms with Crippen LogP contribution in [0.1, 0.15) is 36.3 Å². The minimum absolute atomic E-state index is 0.512. The maximum absolute atomic E-state index is 5.31. The first-order chi connectivity index (χ1) is 13.7. The predicted octanol–water partition coefficient (Wildman–Crippen LogP) is 3.78. The predicted molar refractivity (Wildman–Crippen MR) is 110 cm³/mol. The number of pyridine rings is 1. The van der Waals surface area contributed by atoms with Gasteiger partial charge in [-0.25, -0.2) is 9.97 Å². The Balaban J connectivity index is 1.29. The van der Waals surface area contributed by atoms with Crippen LogP contribution in [0.3, 0.4) is 0 Å². The second-order valence-corrected chi connectivity index (χ2v) is 8.18. The molecular formula is C20H26N6OS. The van der Waals surface area contributed by atoms with Gasteiger partial charge in [-0.15, -0.1) is 11.3 Å². The first-order valence-corrected chi connectivity index (χ1v) is 10.7. The SMILES string of the molecule is CCc1nc(CN2CCC(CNc3ncccc3-c3nc(C)no3)CC2)cs1. The van der Waals surface area contributed by atoms with Gasteiger partial charge in [-0.2, -0.15) is 4.98 Å². The van der Waals surface area contributed by atoms with Gasteiger partial charge in [-0.3, -0.25) is 4.90 Å². The van der Waals surface area contributed by atoms with Crippen molar-refractivity contribution in [1.82, 2.24) is 25.0 Å². The van der Waals surface area contributed by atoms with Crippen molar-refractivity contribution in [2.24, 2.45) is 5.92 Å². The number of nitrogens with one attached hydrogen (secondary N) is 1. The number of thiazole rings is 1. The van der Waals surface area contributed by atoms with Gasteiger partial charge in [-0.1, -0.05) is 12.1 Å². The Hall–Kier alpha value is -2.32. The molecule has 3 aromatic heterocycles. The zero-order valence-electron chi connectivity index (χ0n) is 16.4. The van der Waals surface area contributed by atoms with Gasteiger partial charge in [0.2, 0.25) is 0 Å². The van der Waals surface area contributed by atoms with Gasteiger partial charge in [0.25, 0.3) is 5.89 Å². The van der Waals surface area contributed by atoms with Crippen molar-refractivity contribution < 1.29 is 4.52 Å². The molecule has 8 heteroatoms. The van der Waals surface area contributed by atoms with Crippen LogP contribution in [0.5, 0.6) is 0 Å². The summed E-state index contributed by atoms with van der Waals surface area (Å²) in [7, 11) is 0. The molecule has 0 spiro atoms. The van der Waals surface area contributed by atoms with Gasteiger partial charge in [0.05, 0.1) is 16.3 Å². The Labute approximate surface area is 169 Å². The standard InChI is InChI=1S/C20H26N6OS/c1-3-18-24-16(13-28-18)12-26-9-6-15(7-10-26)11-22-19-17(5-4-8-21-19)20-23-14(2)25-27-20/h4-5,8,13,15H,3,6-7,9-12H2,1-2H3,(H,21,22). The molecule has 4 rings (SSSR count). The summed E-state index contributed by atoms with van der Waals surface area (Å²) in [6.45, 7) is 8.08. The van der Waals surface area contributed by atoms with Crippen LogP contribution in [0.2, 0.25) is 0 Å². The number of nitrogens with zero attached hydrogens (tertiary/aromatic N) is 5. The Bertz CT molecular complexity index is 900. The van der Waals surface area contributed by atoms with E-state index in [-0.39, 0.29) is 0 Å². The molecule has 148 valence electrons. The molecular weight excluding hydrogens is 372 g/mol. The van der Waals surface area contributed by atoms with E-state index in [2.05, 4.69) is 37.6 Å². The van der Waals surface area contributed by atoms with Crippen LogP contribution in [0.15, 0.2) is 28.2 Å². The highest BCUT2D eigenvalue weighted by Crippen LogP contribution is 2.26. The molecule has 1 aliphatic heterocycles. The highest BCUT2D eigenvalue weighted by molar-refractivity contribution is 7.09. The summed E-state index contributed by atoms with van der Waals surface area (Å²) >= 11 is 1.77. The molecule has 0 radical (unpaired) electrons. The topological polar surface area (TPSA) is 80.0 Å². The zero-order valence-corrected chi connectivity index (χ0v) is 17.2. The fourth-order valence-electron chi connectivity index (χ4n) is 3.53. The third-order valence-corrected chi connectivity index (χ3v) is 6.16. The largest absolute Gasteiger partial charge is 0.369 e. The Morgan fingerprint density at radius 1 is 1.29 bits per heavy atom. The summed E-state index contributed by atoms with van der Waals surface area (Å²) < 4.78 is 5.31. The molecule has 7 nitrogen and oxygen atoms in total. The van der Waals surface area contributed by atoms with Crippen molar-refractivity contribution in [2.45, 2.75) is 39.7 Å². The zero-order chi connectivity index (χ0) is 19.3. The normalized spacial score (nSPS) is 15.8. The highest BCUT2D eigenvalue weighted by Gasteiger charge is 2.21. The Morgan fingerprint density at radius 3 is 2.86 bits per heavy atom. The van der Waals surface area contributed by atoms with E-state index in [0.29, 0.717) is 17.6 Å². The Kier molecular flexibility index (Phi) is 5.97. The summed E-state index contributed by atoms with van der Waals surface area (Å²) in [4.78, 5) is 16.0. The molecule has 0 amide bonds. The van der Waals surface area contributed by atoms with Crippen molar-refractivity contribution in [3.05, 3.63) is 40.2 Å². The average molecular weight is 399 g/mol. The van der Waals surface area contributed by atoms with E-state index in [1.54, 1.807) is 17.5 Å². The molecule has 28 heavy (non-hydrogen) atoms. The lowest BCUT2D eigenvalue weighted by Crippen LogP contribution is -2.35. The number of aryl methyl sites for hydroxylation is 2. The Morgan fingerprint density at radius 2 is 2.14 bits per heavy atom. The second-order valence-electron chi connectivity index (χ2n) is 7.23. The molecule has 0 unspecified atom stereocenters. The maximum atomic E-state index is 5.31. The summed E-state index contributed by atoms with van der Waals surface area (Å²) in [5, 5.41) is 10.8. The number of hydrogen-bond acceptors (Lipinski definition) is 8. The molecule has 0 aliphatic carbocycles. The molecule has 0 aromatic carbocycles. The fourth-order valence-corrected chi connectivity index (χ4v) is 4.26. The van der Waals surface area contributed by atoms with Gasteiger partial charge in [0.15, 0.2) is 5.82 Å². The summed E-state index contributed by atoms with van der Waals surface area (Å²) in [6.07, 6.45) is 5.17. The number of rotatable bonds is 7. The minimum atomic E-state index is 0.512. The van der Waals surface area contributed by atoms with Gasteiger partial charge in [-0.05, 0) is 57.3 Å². The molecule has 1 N–H and O–H groups in total. The van der Waals surface area contributed by atoms with Crippen LogP contribution >= 0.6 is 11.3 Å². The molecule has 0 atom stereocenters. The monoisotopic (exact) mass is 398 g/mol. The first kappa shape index (κ1) is 19.0. The molecule has 0 saturated carbocycles. The van der Waals surface area contributed by atoms with E-state index in [0.717, 1.165) is 44.0 Å². The fraction of sp³-hybridized carbons (Fsp3) is 0.500. The lowest BCUT2D eigenvalue weighted by molar-refractivity contribution is 0.181. The van der Waals surface area contributed by atoms with E-state index >= 15 is 0 Å². The van der Waals surface area contributed by atoms with Crippen molar-refractivity contribution in [3.63, 3.8) is 0 Å². The van der Waals surface area contributed by atoms with Crippen LogP contribution in [0, 0.1) is 12.8 Å². The number of likely N-dealkylation sites (tertiary alicyclic amines) is 1. The van der Waals surface area contributed by atoms with Crippen molar-refractivity contribution in [1.29, 1.82) is 0 Å². The van der Waals surface area contributed by atoms with Crippen LogP contribution < -0.4 is 5.32 Å². The summed E-state index contributed by atoms with van der Waals surface area (Å²) in [5.74, 6) is 2.58. The molecule has 3 aromatic rings. The van der Waals surface area contributed by atoms with Gasteiger partial charge in [0, 0.05) is 24.7 Å². The van der Waals surface area contributed by atoms with E-state index in [4.69, 9.17) is 9.51 Å². The van der Waals surface area contributed by atoms with Crippen LogP contribution in [0.25, 0.3) is 11.5 Å². The summed E-state index contributed by atoms with van der Waals surface area (Å²) in [5.41, 5.74) is 2.07. The van der Waals surface area contributed by atoms with E-state index in [1.807, 2.05) is 19.1 Å². The van der Waals surface area contributed by atoms with Gasteiger partial charge in [0.1, 0.15) is 5.82 Å². The van der Waals surface area contributed by atoms with E-state index in [9.17, 15) is 0 Å². The number of hydrogen-bond donors (Lipinski definition) is 1. The number of aromatic nitrogens is 4. The van der Waals surface area contributed by atoms with Crippen molar-refractivity contribution in [3.8, 4) is 11.5 Å². The number of piperidine rings is 1. The number of anilines is 1. The minimum Gasteiger partial charge on any atom is -0.369 e. The maximum Gasteiger partial charge on any atom is 0.261 e. The second kappa shape index (κ2) is 8.79. The van der Waals surface area contributed by atoms with Crippen LogP contribution in [0.4, 0.5) is 5.82 Å². The van der Waals surface area contributed by atoms with Gasteiger partial charge >= 0.3 is 0 Å². The molecule has 1 fully saturated rings. The third-order valence-electron chi connectivity index (χ3n) is 5.12. The van der Waals surface area contributed by atoms with Crippen LogP contribution in [-0.4, -0.2) is 44.6 Å². The molecule has 0 bridgehead atoms. The van der Waals surface area contributed by atoms with E-state index < -0.39 is 0 Å². The molecule has 4 heterocycles. The van der Waals surface area contributed by atoms with Crippen LogP contribution in [-0.2, 0) is 13.0 Å². The highest BCUT2D eigenvalue weighted by atomic mass is 32.1. The quantitative estimate of drug-likeness (QED) is 0.649. The molecule has 1 aliphatic rings. The smallest absolute Gasteiger partial charge is 0.261 e. The average Bonchev–Trinajstić information content (AvgIpc) is 3.36. The van der Waals surface area contributed by atoms with Crippen molar-refractivity contribution >= 4 is 17.2 Å². The first-order valence-electron chi connectivity index (χ1n) is 9.86. The van der Waals surface area contributed by atoms with Crippen molar-refractivity contribution in [2.75, 3.05) is 25.0 Å². The van der Waals surface area contributed by atoms with E-state index in [1.165, 1.54) is 23.5 Å². The van der Waals surface area contributed by atoms with Gasteiger partial charge < -0.3 is 9.84 Å².